The molecule has 2 aromatic heterocycles. The molecule has 0 fully saturated rings. The number of hydrogen-bond donors (Lipinski definition) is 1. The zero-order valence-electron chi connectivity index (χ0n) is 11.6. The molecule has 0 aromatic carbocycles. The first-order valence-corrected chi connectivity index (χ1v) is 7.42. The molecule has 0 radical (unpaired) electrons. The minimum absolute atomic E-state index is 0.540. The number of aliphatic hydroxyl groups excluding tert-OH is 1. The van der Waals surface area contributed by atoms with Crippen LogP contribution in [0.1, 0.15) is 36.2 Å². The molecule has 19 heavy (non-hydrogen) atoms. The molecule has 5 heteroatoms. The molecular formula is C14H20N2O2S. The van der Waals surface area contributed by atoms with E-state index < -0.39 is 6.10 Å². The Hall–Kier alpha value is -1.33. The fraction of sp³-hybridized carbons (Fsp3) is 0.500. The van der Waals surface area contributed by atoms with Gasteiger partial charge in [-0.3, -0.25) is 4.68 Å². The lowest BCUT2D eigenvalue weighted by Gasteiger charge is -2.11. The Morgan fingerprint density at radius 3 is 2.89 bits per heavy atom. The standard InChI is InChI=1S/C14H20N2O2S/c1-4-10-8-11(16(5-2)15-10)9-12(17)14-13(18-3)6-7-19-14/h6-8,12,17H,4-5,9H2,1-3H3. The van der Waals surface area contributed by atoms with E-state index in [1.54, 1.807) is 7.11 Å². The largest absolute Gasteiger partial charge is 0.495 e. The third kappa shape index (κ3) is 2.98. The Labute approximate surface area is 117 Å². The highest BCUT2D eigenvalue weighted by molar-refractivity contribution is 7.10. The van der Waals surface area contributed by atoms with Crippen LogP contribution < -0.4 is 4.74 Å². The lowest BCUT2D eigenvalue weighted by Crippen LogP contribution is -2.08. The number of aromatic nitrogens is 2. The van der Waals surface area contributed by atoms with Crippen LogP contribution in [-0.2, 0) is 19.4 Å². The van der Waals surface area contributed by atoms with Gasteiger partial charge in [0.15, 0.2) is 0 Å². The minimum atomic E-state index is -0.540. The Morgan fingerprint density at radius 1 is 1.47 bits per heavy atom. The van der Waals surface area contributed by atoms with Crippen molar-refractivity contribution in [1.82, 2.24) is 9.78 Å². The second-order valence-electron chi connectivity index (χ2n) is 4.37. The molecule has 1 atom stereocenters. The van der Waals surface area contributed by atoms with Crippen LogP contribution in [0.5, 0.6) is 5.75 Å². The number of methoxy groups -OCH3 is 1. The van der Waals surface area contributed by atoms with Gasteiger partial charge in [0.25, 0.3) is 0 Å². The van der Waals surface area contributed by atoms with E-state index in [0.717, 1.165) is 35.0 Å². The van der Waals surface area contributed by atoms with Crippen molar-refractivity contribution in [3.8, 4) is 5.75 Å². The van der Waals surface area contributed by atoms with Gasteiger partial charge in [0, 0.05) is 18.7 Å². The van der Waals surface area contributed by atoms with Crippen molar-refractivity contribution >= 4 is 11.3 Å². The zero-order valence-corrected chi connectivity index (χ0v) is 12.4. The van der Waals surface area contributed by atoms with Gasteiger partial charge in [0.1, 0.15) is 5.75 Å². The van der Waals surface area contributed by atoms with Gasteiger partial charge in [-0.15, -0.1) is 11.3 Å². The van der Waals surface area contributed by atoms with Crippen LogP contribution in [0.15, 0.2) is 17.5 Å². The average molecular weight is 280 g/mol. The molecule has 0 bridgehead atoms. The number of rotatable bonds is 6. The summed E-state index contributed by atoms with van der Waals surface area (Å²) >= 11 is 1.52. The highest BCUT2D eigenvalue weighted by Crippen LogP contribution is 2.32. The van der Waals surface area contributed by atoms with Crippen LogP contribution in [0.3, 0.4) is 0 Å². The summed E-state index contributed by atoms with van der Waals surface area (Å²) in [7, 11) is 1.63. The zero-order chi connectivity index (χ0) is 13.8. The van der Waals surface area contributed by atoms with E-state index in [9.17, 15) is 5.11 Å². The summed E-state index contributed by atoms with van der Waals surface area (Å²) < 4.78 is 7.22. The molecule has 0 saturated carbocycles. The SMILES string of the molecule is CCc1cc(CC(O)c2sccc2OC)n(CC)n1. The van der Waals surface area contributed by atoms with Crippen LogP contribution in [0.25, 0.3) is 0 Å². The van der Waals surface area contributed by atoms with E-state index in [4.69, 9.17) is 4.74 Å². The number of thiophene rings is 1. The normalized spacial score (nSPS) is 12.6. The van der Waals surface area contributed by atoms with Crippen LogP contribution in [0.4, 0.5) is 0 Å². The van der Waals surface area contributed by atoms with Gasteiger partial charge in [0.05, 0.1) is 23.8 Å². The monoisotopic (exact) mass is 280 g/mol. The number of ether oxygens (including phenoxy) is 1. The van der Waals surface area contributed by atoms with E-state index in [1.807, 2.05) is 16.1 Å². The third-order valence-electron chi connectivity index (χ3n) is 3.16. The van der Waals surface area contributed by atoms with Crippen molar-refractivity contribution < 1.29 is 9.84 Å². The summed E-state index contributed by atoms with van der Waals surface area (Å²) in [6.45, 7) is 4.97. The first-order valence-electron chi connectivity index (χ1n) is 6.54. The summed E-state index contributed by atoms with van der Waals surface area (Å²) in [5.74, 6) is 0.760. The number of aliphatic hydroxyl groups is 1. The molecule has 2 aromatic rings. The molecular weight excluding hydrogens is 260 g/mol. The number of aryl methyl sites for hydroxylation is 2. The molecule has 2 rings (SSSR count). The average Bonchev–Trinajstić information content (AvgIpc) is 3.04. The lowest BCUT2D eigenvalue weighted by molar-refractivity contribution is 0.175. The molecule has 0 aliphatic heterocycles. The van der Waals surface area contributed by atoms with Gasteiger partial charge in [-0.2, -0.15) is 5.10 Å². The van der Waals surface area contributed by atoms with Crippen molar-refractivity contribution in [3.05, 3.63) is 33.8 Å². The highest BCUT2D eigenvalue weighted by atomic mass is 32.1. The summed E-state index contributed by atoms with van der Waals surface area (Å²) in [5, 5.41) is 16.8. The summed E-state index contributed by atoms with van der Waals surface area (Å²) in [6, 6.07) is 3.96. The van der Waals surface area contributed by atoms with E-state index in [2.05, 4.69) is 25.0 Å². The van der Waals surface area contributed by atoms with Crippen LogP contribution in [0.2, 0.25) is 0 Å². The molecule has 104 valence electrons. The van der Waals surface area contributed by atoms with Crippen LogP contribution >= 0.6 is 11.3 Å². The Balaban J connectivity index is 2.18. The van der Waals surface area contributed by atoms with Crippen molar-refractivity contribution in [1.29, 1.82) is 0 Å². The highest BCUT2D eigenvalue weighted by Gasteiger charge is 2.18. The van der Waals surface area contributed by atoms with Crippen molar-refractivity contribution in [3.63, 3.8) is 0 Å². The van der Waals surface area contributed by atoms with E-state index in [-0.39, 0.29) is 0 Å². The summed E-state index contributed by atoms with van der Waals surface area (Å²) in [6.07, 6.45) is 0.942. The van der Waals surface area contributed by atoms with Gasteiger partial charge in [-0.05, 0) is 30.9 Å². The van der Waals surface area contributed by atoms with Gasteiger partial charge < -0.3 is 9.84 Å². The molecule has 0 aliphatic carbocycles. The molecule has 2 heterocycles. The van der Waals surface area contributed by atoms with Gasteiger partial charge in [-0.1, -0.05) is 6.92 Å². The molecule has 0 aliphatic rings. The minimum Gasteiger partial charge on any atom is -0.495 e. The molecule has 0 spiro atoms. The summed E-state index contributed by atoms with van der Waals surface area (Å²) in [4.78, 5) is 0.879. The van der Waals surface area contributed by atoms with Crippen molar-refractivity contribution in [2.45, 2.75) is 39.3 Å². The number of hydrogen-bond acceptors (Lipinski definition) is 4. The molecule has 1 unspecified atom stereocenters. The maximum absolute atomic E-state index is 10.4. The quantitative estimate of drug-likeness (QED) is 0.885. The molecule has 4 nitrogen and oxygen atoms in total. The van der Waals surface area contributed by atoms with E-state index >= 15 is 0 Å². The fourth-order valence-corrected chi connectivity index (χ4v) is 2.98. The second-order valence-corrected chi connectivity index (χ2v) is 5.32. The second kappa shape index (κ2) is 6.21. The fourth-order valence-electron chi connectivity index (χ4n) is 2.14. The maximum atomic E-state index is 10.4. The van der Waals surface area contributed by atoms with Gasteiger partial charge in [0.2, 0.25) is 0 Å². The van der Waals surface area contributed by atoms with Gasteiger partial charge in [-0.25, -0.2) is 0 Å². The Kier molecular flexibility index (Phi) is 4.61. The first-order chi connectivity index (χ1) is 9.19. The maximum Gasteiger partial charge on any atom is 0.135 e. The molecule has 0 amide bonds. The van der Waals surface area contributed by atoms with Crippen LogP contribution in [0, 0.1) is 0 Å². The van der Waals surface area contributed by atoms with Crippen molar-refractivity contribution in [2.75, 3.05) is 7.11 Å². The lowest BCUT2D eigenvalue weighted by atomic mass is 10.1. The van der Waals surface area contributed by atoms with Crippen molar-refractivity contribution in [2.24, 2.45) is 0 Å². The predicted octanol–water partition coefficient (Wildman–Crippen LogP) is 2.81. The topological polar surface area (TPSA) is 47.3 Å². The Morgan fingerprint density at radius 2 is 2.26 bits per heavy atom. The van der Waals surface area contributed by atoms with E-state index in [0.29, 0.717) is 6.42 Å². The number of nitrogens with zero attached hydrogens (tertiary/aromatic N) is 2. The first kappa shape index (κ1) is 14.1. The molecule has 0 saturated heterocycles. The summed E-state index contributed by atoms with van der Waals surface area (Å²) in [5.41, 5.74) is 2.14. The van der Waals surface area contributed by atoms with Gasteiger partial charge >= 0.3 is 0 Å². The predicted molar refractivity (Wildman–Crippen MR) is 76.8 cm³/mol. The smallest absolute Gasteiger partial charge is 0.135 e. The third-order valence-corrected chi connectivity index (χ3v) is 4.16. The molecule has 1 N–H and O–H groups in total. The van der Waals surface area contributed by atoms with Crippen LogP contribution in [-0.4, -0.2) is 22.0 Å². The van der Waals surface area contributed by atoms with E-state index in [1.165, 1.54) is 11.3 Å². The Bertz CT molecular complexity index is 533.